The molecule has 0 aromatic heterocycles. The average molecular weight is 415 g/mol. The van der Waals surface area contributed by atoms with Crippen LogP contribution in [0.1, 0.15) is 57.3 Å². The fourth-order valence-electron chi connectivity index (χ4n) is 3.43. The quantitative estimate of drug-likeness (QED) is 0.674. The summed E-state index contributed by atoms with van der Waals surface area (Å²) >= 11 is 0. The molecule has 2 rings (SSSR count). The van der Waals surface area contributed by atoms with E-state index in [-0.39, 0.29) is 23.9 Å². The predicted molar refractivity (Wildman–Crippen MR) is 107 cm³/mol. The van der Waals surface area contributed by atoms with E-state index in [4.69, 9.17) is 4.74 Å². The Morgan fingerprint density at radius 3 is 2.57 bits per heavy atom. The van der Waals surface area contributed by atoms with Crippen molar-refractivity contribution >= 4 is 15.9 Å². The highest BCUT2D eigenvalue weighted by molar-refractivity contribution is 7.89. The number of benzene rings is 1. The fourth-order valence-corrected chi connectivity index (χ4v) is 5.39. The van der Waals surface area contributed by atoms with Gasteiger partial charge in [0.1, 0.15) is 11.5 Å². The smallest absolute Gasteiger partial charge is 0.251 e. The van der Waals surface area contributed by atoms with Gasteiger partial charge in [-0.05, 0) is 56.4 Å². The Balaban J connectivity index is 2.03. The number of carbonyl (C=O) groups is 1. The molecule has 158 valence electrons. The summed E-state index contributed by atoms with van der Waals surface area (Å²) in [6.45, 7) is 8.33. The normalized spacial score (nSPS) is 23.3. The number of ether oxygens (including phenoxy) is 1. The minimum Gasteiger partial charge on any atom is -0.358 e. The Morgan fingerprint density at radius 2 is 2.00 bits per heavy atom. The maximum Gasteiger partial charge on any atom is 0.251 e. The largest absolute Gasteiger partial charge is 0.358 e. The minimum atomic E-state index is -3.63. The van der Waals surface area contributed by atoms with Crippen LogP contribution in [-0.4, -0.2) is 49.3 Å². The van der Waals surface area contributed by atoms with Crippen LogP contribution < -0.4 is 5.32 Å². The fraction of sp³-hybridized carbons (Fsp3) is 0.650. The lowest BCUT2D eigenvalue weighted by Crippen LogP contribution is -2.51. The maximum atomic E-state index is 13.1. The third-order valence-electron chi connectivity index (χ3n) is 5.09. The number of rotatable bonds is 9. The molecule has 1 aliphatic rings. The van der Waals surface area contributed by atoms with E-state index < -0.39 is 27.5 Å². The van der Waals surface area contributed by atoms with Crippen LogP contribution in [-0.2, 0) is 14.8 Å². The first-order valence-electron chi connectivity index (χ1n) is 9.79. The lowest BCUT2D eigenvalue weighted by Gasteiger charge is -2.36. The number of amides is 1. The van der Waals surface area contributed by atoms with Gasteiger partial charge in [0, 0.05) is 12.1 Å². The highest BCUT2D eigenvalue weighted by atomic mass is 32.2. The molecule has 0 saturated carbocycles. The number of hydrogen-bond donors (Lipinski definition) is 1. The van der Waals surface area contributed by atoms with Crippen LogP contribution in [0, 0.1) is 11.7 Å². The molecule has 0 spiro atoms. The molecule has 1 saturated heterocycles. The van der Waals surface area contributed by atoms with E-state index in [0.717, 1.165) is 6.42 Å². The Morgan fingerprint density at radius 1 is 1.36 bits per heavy atom. The molecule has 0 bridgehead atoms. The first-order valence-corrected chi connectivity index (χ1v) is 11.4. The molecular formula is C20H31FN2O4S. The van der Waals surface area contributed by atoms with Gasteiger partial charge in [-0.25, -0.2) is 12.8 Å². The monoisotopic (exact) mass is 414 g/mol. The van der Waals surface area contributed by atoms with Crippen LogP contribution in [0.5, 0.6) is 0 Å². The second-order valence-corrected chi connectivity index (χ2v) is 9.82. The summed E-state index contributed by atoms with van der Waals surface area (Å²) < 4.78 is 46.5. The molecule has 0 radical (unpaired) electrons. The minimum absolute atomic E-state index is 0.0221. The summed E-state index contributed by atoms with van der Waals surface area (Å²) in [4.78, 5) is 12.1. The summed E-state index contributed by atoms with van der Waals surface area (Å²) in [5.74, 6) is -0.626. The third kappa shape index (κ3) is 5.52. The van der Waals surface area contributed by atoms with Gasteiger partial charge in [0.15, 0.2) is 0 Å². The Kier molecular flexibility index (Phi) is 7.59. The average Bonchev–Trinajstić information content (AvgIpc) is 2.98. The van der Waals surface area contributed by atoms with Crippen LogP contribution in [0.4, 0.5) is 4.39 Å². The molecular weight excluding hydrogens is 383 g/mol. The molecule has 1 aromatic rings. The second-order valence-electron chi connectivity index (χ2n) is 7.86. The zero-order valence-electron chi connectivity index (χ0n) is 17.1. The Labute approximate surface area is 167 Å². The van der Waals surface area contributed by atoms with Gasteiger partial charge in [-0.15, -0.1) is 0 Å². The van der Waals surface area contributed by atoms with E-state index in [2.05, 4.69) is 19.2 Å². The van der Waals surface area contributed by atoms with Gasteiger partial charge >= 0.3 is 0 Å². The van der Waals surface area contributed by atoms with Crippen LogP contribution in [0.2, 0.25) is 0 Å². The molecule has 1 amide bonds. The van der Waals surface area contributed by atoms with Crippen molar-refractivity contribution in [2.45, 2.75) is 58.7 Å². The number of halogens is 1. The Bertz CT molecular complexity index is 767. The number of sulfonamides is 1. The Hall–Kier alpha value is -1.51. The standard InChI is InChI=1S/C20H31FN2O4S/c1-5-18-14-27-20(4,11-10-15(2)3)23(18)28(25,26)13-12-22-19(24)16-6-8-17(21)9-7-16/h6-9,15,18H,5,10-14H2,1-4H3,(H,22,24)/t18-,20+/m1/s1. The topological polar surface area (TPSA) is 75.7 Å². The highest BCUT2D eigenvalue weighted by Gasteiger charge is 2.49. The van der Waals surface area contributed by atoms with Crippen molar-refractivity contribution in [3.63, 3.8) is 0 Å². The summed E-state index contributed by atoms with van der Waals surface area (Å²) in [6, 6.07) is 4.92. The van der Waals surface area contributed by atoms with Crippen LogP contribution in [0.25, 0.3) is 0 Å². The first kappa shape index (κ1) is 22.8. The van der Waals surface area contributed by atoms with E-state index in [1.807, 2.05) is 13.8 Å². The van der Waals surface area contributed by atoms with Crippen molar-refractivity contribution in [2.24, 2.45) is 5.92 Å². The van der Waals surface area contributed by atoms with Crippen molar-refractivity contribution in [1.82, 2.24) is 9.62 Å². The molecule has 6 nitrogen and oxygen atoms in total. The van der Waals surface area contributed by atoms with Gasteiger partial charge in [-0.3, -0.25) is 4.79 Å². The molecule has 0 aliphatic carbocycles. The van der Waals surface area contributed by atoms with Crippen LogP contribution in [0.15, 0.2) is 24.3 Å². The summed E-state index contributed by atoms with van der Waals surface area (Å²) in [5.41, 5.74) is -0.568. The first-order chi connectivity index (χ1) is 13.1. The summed E-state index contributed by atoms with van der Waals surface area (Å²) in [7, 11) is -3.63. The SMILES string of the molecule is CC[C@@H]1CO[C@@](C)(CCC(C)C)N1S(=O)(=O)CCNC(=O)c1ccc(F)cc1. The van der Waals surface area contributed by atoms with Crippen molar-refractivity contribution < 1.29 is 22.3 Å². The molecule has 0 unspecified atom stereocenters. The van der Waals surface area contributed by atoms with E-state index in [1.165, 1.54) is 28.6 Å². The van der Waals surface area contributed by atoms with Gasteiger partial charge in [-0.1, -0.05) is 20.8 Å². The lowest BCUT2D eigenvalue weighted by atomic mass is 10.0. The van der Waals surface area contributed by atoms with Gasteiger partial charge in [0.25, 0.3) is 5.91 Å². The highest BCUT2D eigenvalue weighted by Crippen LogP contribution is 2.36. The maximum absolute atomic E-state index is 13.1. The van der Waals surface area contributed by atoms with Gasteiger partial charge in [0.2, 0.25) is 10.0 Å². The second kappa shape index (κ2) is 9.33. The lowest BCUT2D eigenvalue weighted by molar-refractivity contribution is -0.0433. The van der Waals surface area contributed by atoms with E-state index in [1.54, 1.807) is 0 Å². The van der Waals surface area contributed by atoms with Crippen LogP contribution >= 0.6 is 0 Å². The molecule has 8 heteroatoms. The molecule has 1 aromatic carbocycles. The number of nitrogens with zero attached hydrogens (tertiary/aromatic N) is 1. The predicted octanol–water partition coefficient (Wildman–Crippen LogP) is 3.15. The van der Waals surface area contributed by atoms with E-state index >= 15 is 0 Å². The van der Waals surface area contributed by atoms with Gasteiger partial charge in [0.05, 0.1) is 18.4 Å². The number of nitrogens with one attached hydrogen (secondary N) is 1. The van der Waals surface area contributed by atoms with Gasteiger partial charge < -0.3 is 10.1 Å². The number of carbonyl (C=O) groups excluding carboxylic acids is 1. The van der Waals surface area contributed by atoms with E-state index in [0.29, 0.717) is 25.4 Å². The summed E-state index contributed by atoms with van der Waals surface area (Å²) in [5, 5.41) is 2.60. The number of hydrogen-bond acceptors (Lipinski definition) is 4. The van der Waals surface area contributed by atoms with Crippen LogP contribution in [0.3, 0.4) is 0 Å². The van der Waals surface area contributed by atoms with Crippen molar-refractivity contribution in [1.29, 1.82) is 0 Å². The summed E-state index contributed by atoms with van der Waals surface area (Å²) in [6.07, 6.45) is 2.15. The molecule has 2 atom stereocenters. The molecule has 1 fully saturated rings. The zero-order valence-corrected chi connectivity index (χ0v) is 17.9. The zero-order chi connectivity index (χ0) is 20.9. The van der Waals surface area contributed by atoms with Crippen molar-refractivity contribution in [3.8, 4) is 0 Å². The molecule has 1 aliphatic heterocycles. The van der Waals surface area contributed by atoms with Crippen molar-refractivity contribution in [3.05, 3.63) is 35.6 Å². The molecule has 1 N–H and O–H groups in total. The van der Waals surface area contributed by atoms with E-state index in [9.17, 15) is 17.6 Å². The molecule has 28 heavy (non-hydrogen) atoms. The van der Waals surface area contributed by atoms with Crippen molar-refractivity contribution in [2.75, 3.05) is 18.9 Å². The van der Waals surface area contributed by atoms with Gasteiger partial charge in [-0.2, -0.15) is 4.31 Å². The third-order valence-corrected chi connectivity index (χ3v) is 7.10. The molecule has 1 heterocycles.